The molecule has 5 heteroatoms. The van der Waals surface area contributed by atoms with E-state index in [4.69, 9.17) is 4.74 Å². The fraction of sp³-hybridized carbons (Fsp3) is 0.438. The lowest BCUT2D eigenvalue weighted by Crippen LogP contribution is -2.25. The molecule has 1 fully saturated rings. The number of hydrogen-bond donors (Lipinski definition) is 1. The van der Waals surface area contributed by atoms with Crippen molar-refractivity contribution in [2.24, 2.45) is 0 Å². The molecule has 0 radical (unpaired) electrons. The molecular weight excluding hydrogens is 284 g/mol. The molecule has 0 saturated carbocycles. The number of thiazole rings is 1. The Balaban J connectivity index is 1.51. The number of aliphatic hydroxyl groups excluding tert-OH is 1. The fourth-order valence-electron chi connectivity index (χ4n) is 2.57. The van der Waals surface area contributed by atoms with Gasteiger partial charge in [0.15, 0.2) is 0 Å². The summed E-state index contributed by atoms with van der Waals surface area (Å²) in [4.78, 5) is 7.29. The highest BCUT2D eigenvalue weighted by Crippen LogP contribution is 2.26. The van der Waals surface area contributed by atoms with Crippen LogP contribution in [0.1, 0.15) is 29.4 Å². The van der Waals surface area contributed by atoms with Crippen molar-refractivity contribution >= 4 is 11.3 Å². The van der Waals surface area contributed by atoms with Crippen LogP contribution in [0.25, 0.3) is 0 Å². The van der Waals surface area contributed by atoms with Crippen molar-refractivity contribution in [1.29, 1.82) is 0 Å². The summed E-state index contributed by atoms with van der Waals surface area (Å²) in [5.74, 6) is 0.856. The lowest BCUT2D eigenvalue weighted by molar-refractivity contribution is 0.223. The van der Waals surface area contributed by atoms with Gasteiger partial charge in [-0.05, 0) is 43.6 Å². The number of aromatic nitrogens is 1. The van der Waals surface area contributed by atoms with Gasteiger partial charge in [-0.3, -0.25) is 9.88 Å². The zero-order valence-corrected chi connectivity index (χ0v) is 12.8. The monoisotopic (exact) mass is 304 g/mol. The van der Waals surface area contributed by atoms with Gasteiger partial charge in [0.2, 0.25) is 0 Å². The maximum absolute atomic E-state index is 10.2. The van der Waals surface area contributed by atoms with Crippen LogP contribution in [0.4, 0.5) is 0 Å². The Bertz CT molecular complexity index is 536. The van der Waals surface area contributed by atoms with Crippen LogP contribution in [0.5, 0.6) is 5.75 Å². The first-order valence-electron chi connectivity index (χ1n) is 7.34. The van der Waals surface area contributed by atoms with Crippen LogP contribution in [0, 0.1) is 0 Å². The van der Waals surface area contributed by atoms with E-state index in [9.17, 15) is 5.11 Å². The van der Waals surface area contributed by atoms with Crippen molar-refractivity contribution in [3.63, 3.8) is 0 Å². The molecule has 1 N–H and O–H groups in total. The van der Waals surface area contributed by atoms with Gasteiger partial charge in [0, 0.05) is 12.7 Å². The number of benzene rings is 1. The Labute approximate surface area is 129 Å². The highest BCUT2D eigenvalue weighted by Gasteiger charge is 2.13. The quantitative estimate of drug-likeness (QED) is 0.891. The van der Waals surface area contributed by atoms with E-state index in [-0.39, 0.29) is 0 Å². The molecule has 1 aromatic heterocycles. The topological polar surface area (TPSA) is 45.6 Å². The van der Waals surface area contributed by atoms with E-state index in [1.54, 1.807) is 11.7 Å². The third-order valence-corrected chi connectivity index (χ3v) is 4.62. The van der Waals surface area contributed by atoms with Crippen LogP contribution >= 0.6 is 11.3 Å². The zero-order valence-electron chi connectivity index (χ0n) is 11.9. The largest absolute Gasteiger partial charge is 0.492 e. The molecule has 0 spiro atoms. The Morgan fingerprint density at radius 2 is 2.00 bits per heavy atom. The number of rotatable bonds is 6. The van der Waals surface area contributed by atoms with Gasteiger partial charge in [-0.1, -0.05) is 12.1 Å². The summed E-state index contributed by atoms with van der Waals surface area (Å²) in [6, 6.07) is 7.66. The molecule has 1 unspecified atom stereocenters. The predicted octanol–water partition coefficient (Wildman–Crippen LogP) is 2.70. The van der Waals surface area contributed by atoms with Gasteiger partial charge in [-0.2, -0.15) is 0 Å². The minimum atomic E-state index is -0.601. The van der Waals surface area contributed by atoms with Crippen LogP contribution in [0.2, 0.25) is 0 Å². The second kappa shape index (κ2) is 7.02. The highest BCUT2D eigenvalue weighted by molar-refractivity contribution is 7.09. The summed E-state index contributed by atoms with van der Waals surface area (Å²) < 4.78 is 5.76. The SMILES string of the molecule is OC(c1ccc(OCCN2CCCC2)cc1)c1cncs1. The maximum atomic E-state index is 10.2. The van der Waals surface area contributed by atoms with E-state index in [1.807, 2.05) is 24.3 Å². The van der Waals surface area contributed by atoms with Gasteiger partial charge < -0.3 is 9.84 Å². The number of ether oxygens (including phenoxy) is 1. The van der Waals surface area contributed by atoms with Crippen LogP contribution in [-0.4, -0.2) is 41.2 Å². The van der Waals surface area contributed by atoms with E-state index in [1.165, 1.54) is 37.3 Å². The van der Waals surface area contributed by atoms with Gasteiger partial charge >= 0.3 is 0 Å². The molecule has 2 heterocycles. The van der Waals surface area contributed by atoms with Crippen molar-refractivity contribution in [1.82, 2.24) is 9.88 Å². The van der Waals surface area contributed by atoms with E-state index >= 15 is 0 Å². The van der Waals surface area contributed by atoms with Crippen LogP contribution in [0.15, 0.2) is 36.0 Å². The molecule has 0 aliphatic carbocycles. The number of aliphatic hydroxyl groups is 1. The van der Waals surface area contributed by atoms with Gasteiger partial charge in [0.05, 0.1) is 10.4 Å². The van der Waals surface area contributed by atoms with Gasteiger partial charge in [-0.15, -0.1) is 11.3 Å². The van der Waals surface area contributed by atoms with Crippen LogP contribution in [0.3, 0.4) is 0 Å². The molecule has 1 aliphatic rings. The normalized spacial score (nSPS) is 17.0. The third kappa shape index (κ3) is 3.81. The van der Waals surface area contributed by atoms with Gasteiger partial charge in [-0.25, -0.2) is 0 Å². The number of hydrogen-bond acceptors (Lipinski definition) is 5. The minimum absolute atomic E-state index is 0.601. The van der Waals surface area contributed by atoms with E-state index in [2.05, 4.69) is 9.88 Å². The summed E-state index contributed by atoms with van der Waals surface area (Å²) in [5.41, 5.74) is 2.60. The molecule has 112 valence electrons. The second-order valence-corrected chi connectivity index (χ2v) is 6.19. The van der Waals surface area contributed by atoms with Gasteiger partial charge in [0.25, 0.3) is 0 Å². The molecule has 1 saturated heterocycles. The Morgan fingerprint density at radius 1 is 1.24 bits per heavy atom. The Morgan fingerprint density at radius 3 is 2.67 bits per heavy atom. The standard InChI is InChI=1S/C16H20N2O2S/c19-16(15-11-17-12-21-15)13-3-5-14(6-4-13)20-10-9-18-7-1-2-8-18/h3-6,11-12,16,19H,1-2,7-10H2. The molecule has 2 aromatic rings. The first kappa shape index (κ1) is 14.5. The van der Waals surface area contributed by atoms with E-state index in [0.717, 1.165) is 29.3 Å². The first-order chi connectivity index (χ1) is 10.3. The molecule has 1 atom stereocenters. The fourth-order valence-corrected chi connectivity index (χ4v) is 3.20. The zero-order chi connectivity index (χ0) is 14.5. The van der Waals surface area contributed by atoms with Crippen molar-refractivity contribution < 1.29 is 9.84 Å². The number of nitrogens with zero attached hydrogens (tertiary/aromatic N) is 2. The van der Waals surface area contributed by atoms with E-state index < -0.39 is 6.10 Å². The van der Waals surface area contributed by atoms with Crippen molar-refractivity contribution in [3.8, 4) is 5.75 Å². The summed E-state index contributed by atoms with van der Waals surface area (Å²) in [6.45, 7) is 4.11. The van der Waals surface area contributed by atoms with Crippen LogP contribution in [-0.2, 0) is 0 Å². The molecule has 0 amide bonds. The molecule has 1 aromatic carbocycles. The average Bonchev–Trinajstić information content (AvgIpc) is 3.21. The maximum Gasteiger partial charge on any atom is 0.119 e. The Hall–Kier alpha value is -1.43. The Kier molecular flexibility index (Phi) is 4.85. The molecule has 21 heavy (non-hydrogen) atoms. The summed E-state index contributed by atoms with van der Waals surface area (Å²) in [6.07, 6.45) is 3.72. The molecule has 1 aliphatic heterocycles. The smallest absolute Gasteiger partial charge is 0.119 e. The number of likely N-dealkylation sites (tertiary alicyclic amines) is 1. The summed E-state index contributed by atoms with van der Waals surface area (Å²) >= 11 is 1.46. The van der Waals surface area contributed by atoms with Crippen molar-refractivity contribution in [3.05, 3.63) is 46.4 Å². The lowest BCUT2D eigenvalue weighted by atomic mass is 10.1. The minimum Gasteiger partial charge on any atom is -0.492 e. The highest BCUT2D eigenvalue weighted by atomic mass is 32.1. The van der Waals surface area contributed by atoms with Crippen molar-refractivity contribution in [2.45, 2.75) is 18.9 Å². The summed E-state index contributed by atoms with van der Waals surface area (Å²) in [5, 5.41) is 10.2. The molecule has 3 rings (SSSR count). The average molecular weight is 304 g/mol. The van der Waals surface area contributed by atoms with Crippen LogP contribution < -0.4 is 4.74 Å². The molecule has 4 nitrogen and oxygen atoms in total. The molecule has 0 bridgehead atoms. The first-order valence-corrected chi connectivity index (χ1v) is 8.22. The van der Waals surface area contributed by atoms with E-state index in [0.29, 0.717) is 0 Å². The van der Waals surface area contributed by atoms with Crippen molar-refractivity contribution in [2.75, 3.05) is 26.2 Å². The predicted molar refractivity (Wildman–Crippen MR) is 83.8 cm³/mol. The third-order valence-electron chi connectivity index (χ3n) is 3.79. The molecular formula is C16H20N2O2S. The second-order valence-electron chi connectivity index (χ2n) is 5.27. The van der Waals surface area contributed by atoms with Gasteiger partial charge in [0.1, 0.15) is 18.5 Å². The lowest BCUT2D eigenvalue weighted by Gasteiger charge is -2.15. The summed E-state index contributed by atoms with van der Waals surface area (Å²) in [7, 11) is 0.